The zero-order chi connectivity index (χ0) is 35.4. The summed E-state index contributed by atoms with van der Waals surface area (Å²) in [5.41, 5.74) is 0. The number of hydrogen-bond acceptors (Lipinski definition) is 8. The molecule has 0 radical (unpaired) electrons. The summed E-state index contributed by atoms with van der Waals surface area (Å²) in [5, 5.41) is 2.82. The van der Waals surface area contributed by atoms with Gasteiger partial charge in [0.15, 0.2) is 6.10 Å². The van der Waals surface area contributed by atoms with Crippen LogP contribution in [0.5, 0.6) is 0 Å². The van der Waals surface area contributed by atoms with E-state index in [1.807, 2.05) is 0 Å². The van der Waals surface area contributed by atoms with Gasteiger partial charge in [-0.15, -0.1) is 0 Å². The van der Waals surface area contributed by atoms with E-state index in [4.69, 9.17) is 18.5 Å². The van der Waals surface area contributed by atoms with Crippen LogP contribution in [-0.4, -0.2) is 56.3 Å². The fourth-order valence-corrected chi connectivity index (χ4v) is 6.12. The molecule has 0 bridgehead atoms. The summed E-state index contributed by atoms with van der Waals surface area (Å²) in [6.45, 7) is 4.20. The van der Waals surface area contributed by atoms with Gasteiger partial charge in [0, 0.05) is 19.4 Å². The predicted molar refractivity (Wildman–Crippen MR) is 197 cm³/mol. The number of carbonyl (C=O) groups excluding carboxylic acids is 2. The van der Waals surface area contributed by atoms with E-state index in [9.17, 15) is 19.0 Å². The number of nitrogens with one attached hydrogen (secondary N) is 1. The summed E-state index contributed by atoms with van der Waals surface area (Å²) < 4.78 is 33.1. The second kappa shape index (κ2) is 35.6. The molecule has 0 aromatic heterocycles. The molecule has 0 aliphatic rings. The van der Waals surface area contributed by atoms with Gasteiger partial charge in [-0.25, -0.2) is 4.57 Å². The van der Waals surface area contributed by atoms with E-state index in [0.717, 1.165) is 44.9 Å². The number of hydrogen-bond donors (Lipinski definition) is 2. The number of phosphoric acid groups is 1. The fraction of sp³-hybridized carbons (Fsp3) is 0.895. The fourth-order valence-electron chi connectivity index (χ4n) is 5.37. The molecule has 0 heterocycles. The molecule has 0 fully saturated rings. The third kappa shape index (κ3) is 34.6. The Balaban J connectivity index is 4.26. The van der Waals surface area contributed by atoms with Gasteiger partial charge >= 0.3 is 19.8 Å². The molecule has 48 heavy (non-hydrogen) atoms. The first kappa shape index (κ1) is 46.8. The standard InChI is InChI=1S/C38H74NO8P/c1-4-6-8-10-12-14-16-17-18-19-21-23-25-27-29-31-38(41)47-36(35-46-48(42,43)45-33-32-39-3)34-44-37(40)30-28-26-24-22-20-15-13-11-9-7-5-2/h14,16,36,39H,4-13,15,17-35H2,1-3H3,(H,42,43)/b16-14-. The van der Waals surface area contributed by atoms with E-state index in [1.54, 1.807) is 7.05 Å². The van der Waals surface area contributed by atoms with Crippen LogP contribution in [0.4, 0.5) is 0 Å². The number of ether oxygens (including phenoxy) is 2. The van der Waals surface area contributed by atoms with Gasteiger partial charge in [-0.1, -0.05) is 142 Å². The maximum atomic E-state index is 12.6. The lowest BCUT2D eigenvalue weighted by Crippen LogP contribution is -2.29. The number of carbonyl (C=O) groups is 2. The van der Waals surface area contributed by atoms with Crippen LogP contribution in [0, 0.1) is 0 Å². The number of esters is 2. The third-order valence-corrected chi connectivity index (χ3v) is 9.37. The number of unbranched alkanes of at least 4 members (excludes halogenated alkanes) is 21. The third-order valence-electron chi connectivity index (χ3n) is 8.39. The van der Waals surface area contributed by atoms with Gasteiger partial charge in [-0.3, -0.25) is 18.6 Å². The van der Waals surface area contributed by atoms with Crippen LogP contribution in [0.3, 0.4) is 0 Å². The molecule has 284 valence electrons. The van der Waals surface area contributed by atoms with Crippen molar-refractivity contribution in [2.75, 3.05) is 33.4 Å². The minimum absolute atomic E-state index is 0.0150. The molecule has 0 aromatic rings. The topological polar surface area (TPSA) is 120 Å². The van der Waals surface area contributed by atoms with Crippen molar-refractivity contribution in [3.63, 3.8) is 0 Å². The van der Waals surface area contributed by atoms with E-state index in [-0.39, 0.29) is 25.6 Å². The molecular weight excluding hydrogens is 629 g/mol. The van der Waals surface area contributed by atoms with E-state index < -0.39 is 26.5 Å². The average Bonchev–Trinajstić information content (AvgIpc) is 3.06. The maximum absolute atomic E-state index is 12.6. The number of allylic oxidation sites excluding steroid dienone is 2. The molecule has 0 aliphatic carbocycles. The number of rotatable bonds is 37. The normalized spacial score (nSPS) is 13.5. The molecule has 2 atom stereocenters. The SMILES string of the molecule is CCCCCC/C=C\CCCCCCCCCC(=O)OC(COC(=O)CCCCCCCCCCCCC)COP(=O)(O)OCCNC. The van der Waals surface area contributed by atoms with E-state index in [0.29, 0.717) is 19.4 Å². The van der Waals surface area contributed by atoms with Crippen LogP contribution < -0.4 is 5.32 Å². The first-order chi connectivity index (χ1) is 23.3. The van der Waals surface area contributed by atoms with Crippen molar-refractivity contribution in [2.45, 2.75) is 187 Å². The van der Waals surface area contributed by atoms with Crippen molar-refractivity contribution in [1.29, 1.82) is 0 Å². The predicted octanol–water partition coefficient (Wildman–Crippen LogP) is 10.5. The van der Waals surface area contributed by atoms with Gasteiger partial charge in [0.25, 0.3) is 0 Å². The van der Waals surface area contributed by atoms with Crippen LogP contribution in [-0.2, 0) is 32.7 Å². The van der Waals surface area contributed by atoms with Crippen molar-refractivity contribution in [1.82, 2.24) is 5.32 Å². The Morgan fingerprint density at radius 2 is 1.06 bits per heavy atom. The average molecular weight is 704 g/mol. The Hall–Kier alpha value is -1.25. The summed E-state index contributed by atoms with van der Waals surface area (Å²) in [6, 6.07) is 0. The Morgan fingerprint density at radius 1 is 0.625 bits per heavy atom. The smallest absolute Gasteiger partial charge is 0.462 e. The second-order valence-corrected chi connectivity index (χ2v) is 14.6. The molecule has 2 N–H and O–H groups in total. The molecule has 0 aromatic carbocycles. The zero-order valence-electron chi connectivity index (χ0n) is 31.2. The minimum atomic E-state index is -4.34. The maximum Gasteiger partial charge on any atom is 0.472 e. The van der Waals surface area contributed by atoms with Crippen LogP contribution >= 0.6 is 7.82 Å². The summed E-state index contributed by atoms with van der Waals surface area (Å²) >= 11 is 0. The Labute approximate surface area is 294 Å². The highest BCUT2D eigenvalue weighted by Gasteiger charge is 2.26. The van der Waals surface area contributed by atoms with Gasteiger partial charge in [0.2, 0.25) is 0 Å². The molecule has 0 spiro atoms. The van der Waals surface area contributed by atoms with Crippen LogP contribution in [0.2, 0.25) is 0 Å². The highest BCUT2D eigenvalue weighted by molar-refractivity contribution is 7.47. The second-order valence-electron chi connectivity index (χ2n) is 13.1. The van der Waals surface area contributed by atoms with Crippen molar-refractivity contribution in [2.24, 2.45) is 0 Å². The summed E-state index contributed by atoms with van der Waals surface area (Å²) in [6.07, 6.45) is 32.5. The van der Waals surface area contributed by atoms with Crippen LogP contribution in [0.1, 0.15) is 181 Å². The van der Waals surface area contributed by atoms with Crippen molar-refractivity contribution in [3.05, 3.63) is 12.2 Å². The largest absolute Gasteiger partial charge is 0.472 e. The van der Waals surface area contributed by atoms with Crippen molar-refractivity contribution < 1.29 is 37.6 Å². The van der Waals surface area contributed by atoms with Gasteiger partial charge in [0.05, 0.1) is 13.2 Å². The van der Waals surface area contributed by atoms with Gasteiger partial charge in [-0.2, -0.15) is 0 Å². The highest BCUT2D eigenvalue weighted by Crippen LogP contribution is 2.43. The Morgan fingerprint density at radius 3 is 1.56 bits per heavy atom. The quantitative estimate of drug-likeness (QED) is 0.0282. The van der Waals surface area contributed by atoms with E-state index in [1.165, 1.54) is 103 Å². The Kier molecular flexibility index (Phi) is 34.6. The number of phosphoric ester groups is 1. The summed E-state index contributed by atoms with van der Waals surface area (Å²) in [7, 11) is -2.64. The molecule has 9 nitrogen and oxygen atoms in total. The molecule has 0 saturated carbocycles. The van der Waals surface area contributed by atoms with Gasteiger partial charge < -0.3 is 19.7 Å². The Bertz CT molecular complexity index is 810. The van der Waals surface area contributed by atoms with E-state index in [2.05, 4.69) is 31.3 Å². The zero-order valence-corrected chi connectivity index (χ0v) is 32.1. The lowest BCUT2D eigenvalue weighted by molar-refractivity contribution is -0.161. The molecular formula is C38H74NO8P. The first-order valence-electron chi connectivity index (χ1n) is 19.6. The summed E-state index contributed by atoms with van der Waals surface area (Å²) in [4.78, 5) is 34.9. The van der Waals surface area contributed by atoms with Gasteiger partial charge in [0.1, 0.15) is 6.61 Å². The molecule has 0 saturated heterocycles. The minimum Gasteiger partial charge on any atom is -0.462 e. The van der Waals surface area contributed by atoms with Crippen LogP contribution in [0.15, 0.2) is 12.2 Å². The highest BCUT2D eigenvalue weighted by atomic mass is 31.2. The van der Waals surface area contributed by atoms with E-state index >= 15 is 0 Å². The van der Waals surface area contributed by atoms with Crippen molar-refractivity contribution >= 4 is 19.8 Å². The molecule has 10 heteroatoms. The lowest BCUT2D eigenvalue weighted by atomic mass is 10.1. The van der Waals surface area contributed by atoms with Crippen LogP contribution in [0.25, 0.3) is 0 Å². The molecule has 0 amide bonds. The lowest BCUT2D eigenvalue weighted by Gasteiger charge is -2.20. The molecule has 0 aliphatic heterocycles. The number of likely N-dealkylation sites (N-methyl/N-ethyl adjacent to an activating group) is 1. The first-order valence-corrected chi connectivity index (χ1v) is 21.1. The molecule has 0 rings (SSSR count). The summed E-state index contributed by atoms with van der Waals surface area (Å²) in [5.74, 6) is -0.807. The molecule has 2 unspecified atom stereocenters. The van der Waals surface area contributed by atoms with Gasteiger partial charge in [-0.05, 0) is 45.6 Å². The van der Waals surface area contributed by atoms with Crippen molar-refractivity contribution in [3.8, 4) is 0 Å². The monoisotopic (exact) mass is 704 g/mol.